The lowest BCUT2D eigenvalue weighted by Crippen LogP contribution is -2.39. The molecule has 1 heterocycles. The van der Waals surface area contributed by atoms with Crippen LogP contribution in [0, 0.1) is 5.92 Å². The molecule has 0 aromatic heterocycles. The molecule has 1 aliphatic heterocycles. The number of carboxylic acid groups (broad SMARTS) is 1. The third-order valence-corrected chi connectivity index (χ3v) is 5.09. The van der Waals surface area contributed by atoms with E-state index in [-0.39, 0.29) is 5.91 Å². The van der Waals surface area contributed by atoms with Crippen LogP contribution < -0.4 is 0 Å². The molecular weight excluding hydrogens is 338 g/mol. The summed E-state index contributed by atoms with van der Waals surface area (Å²) >= 11 is 6.12. The van der Waals surface area contributed by atoms with E-state index in [1.165, 1.54) is 0 Å². The van der Waals surface area contributed by atoms with Crippen LogP contribution in [-0.2, 0) is 6.42 Å². The minimum Gasteiger partial charge on any atom is -0.478 e. The van der Waals surface area contributed by atoms with E-state index in [9.17, 15) is 14.7 Å². The summed E-state index contributed by atoms with van der Waals surface area (Å²) in [4.78, 5) is 25.8. The normalized spacial score (nSPS) is 15.2. The van der Waals surface area contributed by atoms with Crippen molar-refractivity contribution >= 4 is 23.5 Å². The van der Waals surface area contributed by atoms with Gasteiger partial charge >= 0.3 is 5.97 Å². The Morgan fingerprint density at radius 1 is 1.00 bits per heavy atom. The van der Waals surface area contributed by atoms with Crippen LogP contribution >= 0.6 is 11.6 Å². The maximum atomic E-state index is 12.6. The highest BCUT2D eigenvalue weighted by Gasteiger charge is 2.25. The highest BCUT2D eigenvalue weighted by atomic mass is 35.5. The molecule has 1 saturated heterocycles. The summed E-state index contributed by atoms with van der Waals surface area (Å²) in [5, 5.41) is 9.77. The Morgan fingerprint density at radius 2 is 1.60 bits per heavy atom. The molecule has 2 aromatic carbocycles. The number of aromatic carboxylic acids is 1. The molecular formula is C20H20ClNO3. The molecule has 130 valence electrons. The number of hydrogen-bond donors (Lipinski definition) is 1. The number of amides is 1. The van der Waals surface area contributed by atoms with Crippen LogP contribution in [0.1, 0.15) is 39.1 Å². The van der Waals surface area contributed by atoms with E-state index in [1.807, 2.05) is 29.2 Å². The molecule has 1 fully saturated rings. The maximum Gasteiger partial charge on any atom is 0.335 e. The average Bonchev–Trinajstić information content (AvgIpc) is 2.62. The lowest BCUT2D eigenvalue weighted by Gasteiger charge is -2.32. The van der Waals surface area contributed by atoms with Crippen LogP contribution in [-0.4, -0.2) is 35.0 Å². The highest BCUT2D eigenvalue weighted by molar-refractivity contribution is 6.33. The van der Waals surface area contributed by atoms with Crippen molar-refractivity contribution in [2.75, 3.05) is 13.1 Å². The number of hydrogen-bond acceptors (Lipinski definition) is 2. The minimum atomic E-state index is -0.887. The topological polar surface area (TPSA) is 57.6 Å². The van der Waals surface area contributed by atoms with Crippen LogP contribution in [0.3, 0.4) is 0 Å². The number of carbonyl (C=O) groups excluding carboxylic acids is 1. The maximum absolute atomic E-state index is 12.6. The second-order valence-corrected chi connectivity index (χ2v) is 6.79. The highest BCUT2D eigenvalue weighted by Crippen LogP contribution is 2.25. The zero-order chi connectivity index (χ0) is 17.8. The first-order valence-electron chi connectivity index (χ1n) is 8.41. The zero-order valence-electron chi connectivity index (χ0n) is 13.8. The summed E-state index contributed by atoms with van der Waals surface area (Å²) in [6.45, 7) is 1.34. The number of halogens is 1. The van der Waals surface area contributed by atoms with Crippen molar-refractivity contribution in [2.45, 2.75) is 19.3 Å². The van der Waals surface area contributed by atoms with Crippen LogP contribution in [0.15, 0.2) is 48.5 Å². The van der Waals surface area contributed by atoms with Crippen LogP contribution in [0.5, 0.6) is 0 Å². The zero-order valence-corrected chi connectivity index (χ0v) is 14.6. The van der Waals surface area contributed by atoms with Gasteiger partial charge in [-0.15, -0.1) is 0 Å². The predicted molar refractivity (Wildman–Crippen MR) is 97.2 cm³/mol. The Balaban J connectivity index is 1.62. The first kappa shape index (κ1) is 17.5. The molecule has 0 aliphatic carbocycles. The summed E-state index contributed by atoms with van der Waals surface area (Å²) in [5.41, 5.74) is 1.78. The number of likely N-dealkylation sites (tertiary alicyclic amines) is 1. The number of benzene rings is 2. The predicted octanol–water partition coefficient (Wildman–Crippen LogP) is 4.13. The molecule has 0 spiro atoms. The molecule has 5 heteroatoms. The molecule has 0 atom stereocenters. The van der Waals surface area contributed by atoms with Gasteiger partial charge in [-0.1, -0.05) is 41.9 Å². The van der Waals surface area contributed by atoms with Gasteiger partial charge in [-0.05, 0) is 48.9 Å². The van der Waals surface area contributed by atoms with Gasteiger partial charge in [0, 0.05) is 13.1 Å². The Kier molecular flexibility index (Phi) is 5.39. The smallest absolute Gasteiger partial charge is 0.335 e. The third kappa shape index (κ3) is 4.02. The molecule has 0 bridgehead atoms. The quantitative estimate of drug-likeness (QED) is 0.894. The van der Waals surface area contributed by atoms with E-state index in [4.69, 9.17) is 11.6 Å². The summed E-state index contributed by atoms with van der Waals surface area (Å²) in [5.74, 6) is -0.535. The Hall–Kier alpha value is -2.33. The first-order valence-corrected chi connectivity index (χ1v) is 8.79. The van der Waals surface area contributed by atoms with Crippen LogP contribution in [0.4, 0.5) is 0 Å². The second-order valence-electron chi connectivity index (χ2n) is 6.38. The second kappa shape index (κ2) is 7.70. The van der Waals surface area contributed by atoms with Gasteiger partial charge in [-0.25, -0.2) is 4.79 Å². The molecule has 25 heavy (non-hydrogen) atoms. The van der Waals surface area contributed by atoms with Gasteiger partial charge in [-0.3, -0.25) is 4.79 Å². The van der Waals surface area contributed by atoms with Gasteiger partial charge in [0.05, 0.1) is 16.1 Å². The summed E-state index contributed by atoms with van der Waals surface area (Å²) < 4.78 is 0. The number of carbonyl (C=O) groups is 2. The van der Waals surface area contributed by atoms with E-state index >= 15 is 0 Å². The molecule has 0 saturated carbocycles. The molecule has 2 aromatic rings. The van der Waals surface area contributed by atoms with Gasteiger partial charge in [0.2, 0.25) is 0 Å². The van der Waals surface area contributed by atoms with Crippen molar-refractivity contribution in [3.63, 3.8) is 0 Å². The van der Waals surface area contributed by atoms with E-state index in [0.717, 1.165) is 24.8 Å². The molecule has 1 amide bonds. The molecule has 3 rings (SSSR count). The molecule has 1 N–H and O–H groups in total. The average molecular weight is 358 g/mol. The van der Waals surface area contributed by atoms with Gasteiger partial charge in [0.25, 0.3) is 5.91 Å². The number of piperidine rings is 1. The van der Waals surface area contributed by atoms with Gasteiger partial charge in [-0.2, -0.15) is 0 Å². The van der Waals surface area contributed by atoms with E-state index in [0.29, 0.717) is 35.2 Å². The number of nitrogens with zero attached hydrogens (tertiary/aromatic N) is 1. The molecule has 0 radical (unpaired) electrons. The van der Waals surface area contributed by atoms with Crippen LogP contribution in [0.25, 0.3) is 0 Å². The SMILES string of the molecule is O=C(O)c1ccccc1CC1CCN(C(=O)c2ccccc2Cl)CC1. The third-order valence-electron chi connectivity index (χ3n) is 4.76. The van der Waals surface area contributed by atoms with E-state index in [2.05, 4.69) is 0 Å². The lowest BCUT2D eigenvalue weighted by atomic mass is 9.88. The fourth-order valence-electron chi connectivity index (χ4n) is 3.36. The van der Waals surface area contributed by atoms with Crippen molar-refractivity contribution in [1.82, 2.24) is 4.90 Å². The van der Waals surface area contributed by atoms with Crippen molar-refractivity contribution < 1.29 is 14.7 Å². The summed E-state index contributed by atoms with van der Waals surface area (Å²) in [7, 11) is 0. The monoisotopic (exact) mass is 357 g/mol. The Bertz CT molecular complexity index is 782. The van der Waals surface area contributed by atoms with Crippen LogP contribution in [0.2, 0.25) is 5.02 Å². The van der Waals surface area contributed by atoms with Gasteiger partial charge in [0.1, 0.15) is 0 Å². The fourth-order valence-corrected chi connectivity index (χ4v) is 3.58. The first-order chi connectivity index (χ1) is 12.1. The standard InChI is InChI=1S/C20H20ClNO3/c21-18-8-4-3-7-17(18)19(23)22-11-9-14(10-12-22)13-15-5-1-2-6-16(15)20(24)25/h1-8,14H,9-13H2,(H,24,25). The van der Waals surface area contributed by atoms with Crippen molar-refractivity contribution in [3.8, 4) is 0 Å². The fraction of sp³-hybridized carbons (Fsp3) is 0.300. The van der Waals surface area contributed by atoms with Crippen molar-refractivity contribution in [2.24, 2.45) is 5.92 Å². The molecule has 1 aliphatic rings. The lowest BCUT2D eigenvalue weighted by molar-refractivity contribution is 0.0690. The van der Waals surface area contributed by atoms with Gasteiger partial charge in [0.15, 0.2) is 0 Å². The van der Waals surface area contributed by atoms with E-state index in [1.54, 1.807) is 24.3 Å². The van der Waals surface area contributed by atoms with E-state index < -0.39 is 5.97 Å². The largest absolute Gasteiger partial charge is 0.478 e. The van der Waals surface area contributed by atoms with Crippen molar-refractivity contribution in [3.05, 3.63) is 70.2 Å². The minimum absolute atomic E-state index is 0.0324. The Morgan fingerprint density at radius 3 is 2.24 bits per heavy atom. The number of rotatable bonds is 4. The Labute approximate surface area is 152 Å². The summed E-state index contributed by atoms with van der Waals surface area (Å²) in [6.07, 6.45) is 2.46. The summed E-state index contributed by atoms with van der Waals surface area (Å²) in [6, 6.07) is 14.2. The molecule has 4 nitrogen and oxygen atoms in total. The van der Waals surface area contributed by atoms with Crippen molar-refractivity contribution in [1.29, 1.82) is 0 Å². The molecule has 0 unspecified atom stereocenters. The van der Waals surface area contributed by atoms with Gasteiger partial charge < -0.3 is 10.0 Å². The number of carboxylic acids is 1.